The SMILES string of the molecule is C[C@]12CC[C@H]3[C@@H](CC=C4CC(=O)CC[C@@]43C)[C@@H]1CC[C@@H]2[C@H](O)CCc1ccc(-c2ccccc2)cc1. The number of aliphatic hydroxyl groups excluding tert-OH is 1. The smallest absolute Gasteiger partial charge is 0.136 e. The number of ketones is 1. The molecule has 2 heteroatoms. The van der Waals surface area contributed by atoms with Gasteiger partial charge in [-0.1, -0.05) is 80.1 Å². The monoisotopic (exact) mass is 482 g/mol. The molecule has 0 spiro atoms. The third kappa shape index (κ3) is 4.01. The van der Waals surface area contributed by atoms with Crippen LogP contribution in [-0.2, 0) is 11.2 Å². The van der Waals surface area contributed by atoms with Gasteiger partial charge in [-0.3, -0.25) is 4.79 Å². The van der Waals surface area contributed by atoms with E-state index >= 15 is 0 Å². The Morgan fingerprint density at radius 2 is 1.67 bits per heavy atom. The lowest BCUT2D eigenvalue weighted by Gasteiger charge is -2.57. The lowest BCUT2D eigenvalue weighted by molar-refractivity contribution is -0.122. The van der Waals surface area contributed by atoms with Gasteiger partial charge in [-0.05, 0) is 103 Å². The second-order valence-electron chi connectivity index (χ2n) is 12.9. The van der Waals surface area contributed by atoms with Crippen molar-refractivity contribution in [2.75, 3.05) is 0 Å². The largest absolute Gasteiger partial charge is 0.393 e. The normalized spacial score (nSPS) is 36.4. The minimum Gasteiger partial charge on any atom is -0.393 e. The molecule has 2 nitrogen and oxygen atoms in total. The van der Waals surface area contributed by atoms with Crippen molar-refractivity contribution < 1.29 is 9.90 Å². The highest BCUT2D eigenvalue weighted by Gasteiger charge is 2.59. The molecule has 4 aliphatic carbocycles. The number of allylic oxidation sites excluding steroid dienone is 2. The number of hydrogen-bond acceptors (Lipinski definition) is 2. The summed E-state index contributed by atoms with van der Waals surface area (Å²) in [5.74, 6) is 3.03. The molecule has 2 aromatic rings. The van der Waals surface area contributed by atoms with E-state index < -0.39 is 0 Å². The van der Waals surface area contributed by atoms with Gasteiger partial charge in [0.25, 0.3) is 0 Å². The molecule has 0 radical (unpaired) electrons. The van der Waals surface area contributed by atoms with Gasteiger partial charge in [0, 0.05) is 12.8 Å². The summed E-state index contributed by atoms with van der Waals surface area (Å²) < 4.78 is 0. The first-order chi connectivity index (χ1) is 17.4. The number of aryl methyl sites for hydroxylation is 1. The minimum absolute atomic E-state index is 0.220. The van der Waals surface area contributed by atoms with Crippen molar-refractivity contribution in [2.45, 2.75) is 84.2 Å². The van der Waals surface area contributed by atoms with Crippen molar-refractivity contribution in [1.82, 2.24) is 0 Å². The molecule has 1 N–H and O–H groups in total. The van der Waals surface area contributed by atoms with Gasteiger partial charge in [-0.15, -0.1) is 0 Å². The van der Waals surface area contributed by atoms with Crippen LogP contribution in [0.15, 0.2) is 66.2 Å². The number of aliphatic hydroxyl groups is 1. The fraction of sp³-hybridized carbons (Fsp3) is 0.559. The van der Waals surface area contributed by atoms with Crippen LogP contribution in [0.25, 0.3) is 11.1 Å². The van der Waals surface area contributed by atoms with Crippen LogP contribution in [-0.4, -0.2) is 17.0 Å². The molecule has 6 rings (SSSR count). The van der Waals surface area contributed by atoms with Crippen molar-refractivity contribution in [3.8, 4) is 11.1 Å². The Morgan fingerprint density at radius 3 is 2.44 bits per heavy atom. The maximum atomic E-state index is 12.1. The maximum absolute atomic E-state index is 12.1. The molecule has 0 unspecified atom stereocenters. The lowest BCUT2D eigenvalue weighted by Crippen LogP contribution is -2.51. The predicted molar refractivity (Wildman–Crippen MR) is 146 cm³/mol. The molecule has 0 aliphatic heterocycles. The molecular formula is C34H42O2. The maximum Gasteiger partial charge on any atom is 0.136 e. The van der Waals surface area contributed by atoms with Crippen LogP contribution < -0.4 is 0 Å². The molecule has 36 heavy (non-hydrogen) atoms. The zero-order chi connectivity index (χ0) is 24.9. The van der Waals surface area contributed by atoms with Crippen LogP contribution in [0.1, 0.15) is 77.2 Å². The van der Waals surface area contributed by atoms with Crippen LogP contribution in [0.5, 0.6) is 0 Å². The number of Topliss-reactive ketones (excluding diaryl/α,β-unsaturated/α-hetero) is 1. The molecule has 0 aromatic heterocycles. The molecule has 7 atom stereocenters. The van der Waals surface area contributed by atoms with Gasteiger partial charge in [0.1, 0.15) is 5.78 Å². The lowest BCUT2D eigenvalue weighted by atomic mass is 9.47. The van der Waals surface area contributed by atoms with Crippen LogP contribution in [0.2, 0.25) is 0 Å². The standard InChI is InChI=1S/C34H42O2/c1-33-20-18-27(35)22-26(33)13-14-28-29-15-16-31(34(29,2)21-19-30(28)33)32(36)17-10-23-8-11-25(12-9-23)24-6-4-3-5-7-24/h3-9,11-13,28-32,36H,10,14-22H2,1-2H3/t28-,29-,30-,31+,32+,33-,34-/m0/s1. The van der Waals surface area contributed by atoms with E-state index in [1.807, 2.05) is 0 Å². The number of rotatable bonds is 5. The van der Waals surface area contributed by atoms with Gasteiger partial charge in [-0.25, -0.2) is 0 Å². The van der Waals surface area contributed by atoms with Gasteiger partial charge in [0.15, 0.2) is 0 Å². The van der Waals surface area contributed by atoms with E-state index in [0.717, 1.165) is 43.9 Å². The first-order valence-electron chi connectivity index (χ1n) is 14.4. The van der Waals surface area contributed by atoms with Gasteiger partial charge >= 0.3 is 0 Å². The molecule has 0 amide bonds. The van der Waals surface area contributed by atoms with Crippen LogP contribution in [0.3, 0.4) is 0 Å². The quantitative estimate of drug-likeness (QED) is 0.442. The summed E-state index contributed by atoms with van der Waals surface area (Å²) in [5, 5.41) is 11.5. The van der Waals surface area contributed by atoms with Crippen LogP contribution >= 0.6 is 0 Å². The van der Waals surface area contributed by atoms with E-state index in [-0.39, 0.29) is 16.9 Å². The molecule has 0 bridgehead atoms. The topological polar surface area (TPSA) is 37.3 Å². The fourth-order valence-electron chi connectivity index (χ4n) is 9.16. The van der Waals surface area contributed by atoms with Crippen LogP contribution in [0, 0.1) is 34.5 Å². The summed E-state index contributed by atoms with van der Waals surface area (Å²) in [6.45, 7) is 4.98. The van der Waals surface area contributed by atoms with E-state index in [0.29, 0.717) is 24.0 Å². The van der Waals surface area contributed by atoms with Crippen molar-refractivity contribution in [1.29, 1.82) is 0 Å². The highest BCUT2D eigenvalue weighted by atomic mass is 16.3. The summed E-state index contributed by atoms with van der Waals surface area (Å²) in [4.78, 5) is 12.1. The molecule has 2 aromatic carbocycles. The highest BCUT2D eigenvalue weighted by Crippen LogP contribution is 2.66. The molecule has 190 valence electrons. The number of benzene rings is 2. The number of carbonyl (C=O) groups is 1. The van der Waals surface area contributed by atoms with Crippen molar-refractivity contribution in [2.24, 2.45) is 34.5 Å². The summed E-state index contributed by atoms with van der Waals surface area (Å²) >= 11 is 0. The Labute approximate surface area is 217 Å². The zero-order valence-electron chi connectivity index (χ0n) is 22.1. The third-order valence-corrected chi connectivity index (χ3v) is 11.3. The molecule has 3 saturated carbocycles. The first-order valence-corrected chi connectivity index (χ1v) is 14.4. The van der Waals surface area contributed by atoms with E-state index in [9.17, 15) is 9.90 Å². The summed E-state index contributed by atoms with van der Waals surface area (Å²) in [5.41, 5.74) is 5.77. The third-order valence-electron chi connectivity index (χ3n) is 11.3. The average Bonchev–Trinajstić information content (AvgIpc) is 3.26. The van der Waals surface area contributed by atoms with Gasteiger partial charge in [0.05, 0.1) is 6.10 Å². The zero-order valence-corrected chi connectivity index (χ0v) is 22.1. The van der Waals surface area contributed by atoms with Gasteiger partial charge < -0.3 is 5.11 Å². The Hall–Kier alpha value is -2.19. The molecule has 0 saturated heterocycles. The summed E-state index contributed by atoms with van der Waals surface area (Å²) in [7, 11) is 0. The molecule has 4 aliphatic rings. The van der Waals surface area contributed by atoms with Crippen molar-refractivity contribution in [3.63, 3.8) is 0 Å². The summed E-state index contributed by atoms with van der Waals surface area (Å²) in [6.07, 6.45) is 12.7. The number of carbonyl (C=O) groups excluding carboxylic acids is 1. The molecule has 3 fully saturated rings. The molecule has 0 heterocycles. The highest BCUT2D eigenvalue weighted by molar-refractivity contribution is 5.82. The second kappa shape index (κ2) is 9.28. The van der Waals surface area contributed by atoms with Gasteiger partial charge in [-0.2, -0.15) is 0 Å². The number of hydrogen-bond donors (Lipinski definition) is 1. The van der Waals surface area contributed by atoms with Crippen LogP contribution in [0.4, 0.5) is 0 Å². The van der Waals surface area contributed by atoms with Crippen molar-refractivity contribution in [3.05, 3.63) is 71.8 Å². The van der Waals surface area contributed by atoms with Gasteiger partial charge in [0.2, 0.25) is 0 Å². The van der Waals surface area contributed by atoms with E-state index in [4.69, 9.17) is 0 Å². The fourth-order valence-corrected chi connectivity index (χ4v) is 9.16. The van der Waals surface area contributed by atoms with E-state index in [1.54, 1.807) is 0 Å². The Morgan fingerprint density at radius 1 is 0.917 bits per heavy atom. The minimum atomic E-state index is -0.220. The first kappa shape index (κ1) is 24.2. The Bertz CT molecular complexity index is 1130. The predicted octanol–water partition coefficient (Wildman–Crippen LogP) is 7.80. The van der Waals surface area contributed by atoms with E-state index in [1.165, 1.54) is 47.9 Å². The molecular weight excluding hydrogens is 440 g/mol. The van der Waals surface area contributed by atoms with Crippen molar-refractivity contribution >= 4 is 5.78 Å². The Kier molecular flexibility index (Phi) is 6.23. The second-order valence-corrected chi connectivity index (χ2v) is 12.9. The van der Waals surface area contributed by atoms with E-state index in [2.05, 4.69) is 74.5 Å². The Balaban J connectivity index is 1.12. The summed E-state index contributed by atoms with van der Waals surface area (Å²) in [6, 6.07) is 19.4. The number of fused-ring (bicyclic) bond motifs is 5. The average molecular weight is 483 g/mol.